The van der Waals surface area contributed by atoms with Gasteiger partial charge in [-0.1, -0.05) is 0 Å². The molecule has 1 amide bonds. The average Bonchev–Trinajstić information content (AvgIpc) is 2.54. The number of benzene rings is 1. The number of alkyl halides is 3. The van der Waals surface area contributed by atoms with E-state index in [4.69, 9.17) is 5.11 Å². The maximum absolute atomic E-state index is 12.5. The van der Waals surface area contributed by atoms with E-state index in [0.717, 1.165) is 37.8 Å². The monoisotopic (exact) mass is 344 g/mol. The van der Waals surface area contributed by atoms with Gasteiger partial charge in [-0.15, -0.1) is 0 Å². The lowest BCUT2D eigenvalue weighted by Gasteiger charge is -2.33. The van der Waals surface area contributed by atoms with Gasteiger partial charge in [-0.25, -0.2) is 0 Å². The Balaban J connectivity index is 1.82. The molecule has 7 heteroatoms. The number of aliphatic hydroxyl groups excluding tert-OH is 1. The van der Waals surface area contributed by atoms with Crippen molar-refractivity contribution < 1.29 is 23.1 Å². The number of nitrogens with one attached hydrogen (secondary N) is 1. The van der Waals surface area contributed by atoms with Crippen LogP contribution >= 0.6 is 0 Å². The number of hydrogen-bond acceptors (Lipinski definition) is 3. The second kappa shape index (κ2) is 7.98. The first-order valence-electron chi connectivity index (χ1n) is 8.08. The van der Waals surface area contributed by atoms with Crippen LogP contribution in [0.15, 0.2) is 24.3 Å². The molecule has 134 valence electrons. The number of carbonyl (C=O) groups is 1. The van der Waals surface area contributed by atoms with E-state index in [9.17, 15) is 18.0 Å². The lowest BCUT2D eigenvalue weighted by molar-refractivity contribution is -0.137. The van der Waals surface area contributed by atoms with Crippen LogP contribution in [0.2, 0.25) is 0 Å². The third-order valence-corrected chi connectivity index (χ3v) is 4.59. The van der Waals surface area contributed by atoms with Crippen LogP contribution in [0.1, 0.15) is 31.2 Å². The van der Waals surface area contributed by atoms with Crippen LogP contribution in [0.4, 0.5) is 18.9 Å². The molecule has 0 radical (unpaired) electrons. The SMILES string of the molecule is CN(CC(=O)Nc1ccc(C(F)(F)F)cc1)C1CCC(CO)CC1. The molecule has 0 saturated heterocycles. The zero-order chi connectivity index (χ0) is 17.7. The number of likely N-dealkylation sites (N-methyl/N-ethyl adjacent to an activating group) is 1. The van der Waals surface area contributed by atoms with Gasteiger partial charge in [0.15, 0.2) is 0 Å². The highest BCUT2D eigenvalue weighted by atomic mass is 19.4. The van der Waals surface area contributed by atoms with E-state index in [2.05, 4.69) is 5.32 Å². The summed E-state index contributed by atoms with van der Waals surface area (Å²) in [6, 6.07) is 4.72. The lowest BCUT2D eigenvalue weighted by atomic mass is 9.86. The number of halogens is 3. The Hall–Kier alpha value is -1.60. The first-order valence-corrected chi connectivity index (χ1v) is 8.08. The molecule has 1 aromatic carbocycles. The molecule has 0 unspecified atom stereocenters. The number of carbonyl (C=O) groups excluding carboxylic acids is 1. The largest absolute Gasteiger partial charge is 0.416 e. The summed E-state index contributed by atoms with van der Waals surface area (Å²) >= 11 is 0. The van der Waals surface area contributed by atoms with Crippen molar-refractivity contribution in [2.75, 3.05) is 25.5 Å². The molecule has 2 rings (SSSR count). The van der Waals surface area contributed by atoms with Crippen LogP contribution in [-0.4, -0.2) is 42.2 Å². The van der Waals surface area contributed by atoms with Crippen molar-refractivity contribution in [1.82, 2.24) is 4.90 Å². The standard InChI is InChI=1S/C17H23F3N2O2/c1-22(15-8-2-12(11-23)3-9-15)10-16(24)21-14-6-4-13(5-7-14)17(18,19)20/h4-7,12,15,23H,2-3,8-11H2,1H3,(H,21,24). The highest BCUT2D eigenvalue weighted by molar-refractivity contribution is 5.92. The summed E-state index contributed by atoms with van der Waals surface area (Å²) in [5.74, 6) is 0.108. The first-order chi connectivity index (χ1) is 11.3. The minimum Gasteiger partial charge on any atom is -0.396 e. The van der Waals surface area contributed by atoms with Crippen molar-refractivity contribution in [2.45, 2.75) is 37.9 Å². The molecule has 2 N–H and O–H groups in total. The van der Waals surface area contributed by atoms with Crippen molar-refractivity contribution in [3.63, 3.8) is 0 Å². The number of aliphatic hydroxyl groups is 1. The first kappa shape index (κ1) is 18.7. The van der Waals surface area contributed by atoms with Crippen molar-refractivity contribution >= 4 is 11.6 Å². The van der Waals surface area contributed by atoms with E-state index >= 15 is 0 Å². The molecule has 0 bridgehead atoms. The van der Waals surface area contributed by atoms with Crippen molar-refractivity contribution in [3.05, 3.63) is 29.8 Å². The smallest absolute Gasteiger partial charge is 0.396 e. The van der Waals surface area contributed by atoms with E-state index < -0.39 is 11.7 Å². The number of anilines is 1. The molecule has 1 fully saturated rings. The van der Waals surface area contributed by atoms with Crippen LogP contribution in [0, 0.1) is 5.92 Å². The number of amides is 1. The van der Waals surface area contributed by atoms with Gasteiger partial charge in [0, 0.05) is 18.3 Å². The van der Waals surface area contributed by atoms with Crippen molar-refractivity contribution in [1.29, 1.82) is 0 Å². The average molecular weight is 344 g/mol. The summed E-state index contributed by atoms with van der Waals surface area (Å²) in [4.78, 5) is 14.0. The Morgan fingerprint density at radius 3 is 2.29 bits per heavy atom. The molecule has 24 heavy (non-hydrogen) atoms. The third kappa shape index (κ3) is 5.21. The molecule has 4 nitrogen and oxygen atoms in total. The highest BCUT2D eigenvalue weighted by Crippen LogP contribution is 2.30. The van der Waals surface area contributed by atoms with Crippen molar-refractivity contribution in [2.24, 2.45) is 5.92 Å². The molecule has 0 atom stereocenters. The maximum Gasteiger partial charge on any atom is 0.416 e. The molecule has 1 aromatic rings. The quantitative estimate of drug-likeness (QED) is 0.863. The molecule has 0 aliphatic heterocycles. The topological polar surface area (TPSA) is 52.6 Å². The van der Waals surface area contributed by atoms with Gasteiger partial charge in [0.25, 0.3) is 0 Å². The van der Waals surface area contributed by atoms with Crippen LogP contribution in [0.5, 0.6) is 0 Å². The van der Waals surface area contributed by atoms with E-state index in [-0.39, 0.29) is 19.1 Å². The summed E-state index contributed by atoms with van der Waals surface area (Å²) in [5.41, 5.74) is -0.386. The molecule has 0 spiro atoms. The predicted octanol–water partition coefficient (Wildman–Crippen LogP) is 3.13. The Bertz CT molecular complexity index is 538. The zero-order valence-electron chi connectivity index (χ0n) is 13.6. The molecular formula is C17H23F3N2O2. The fourth-order valence-electron chi connectivity index (χ4n) is 3.07. The predicted molar refractivity (Wildman–Crippen MR) is 85.5 cm³/mol. The molecular weight excluding hydrogens is 321 g/mol. The number of hydrogen-bond donors (Lipinski definition) is 2. The number of rotatable bonds is 5. The van der Waals surface area contributed by atoms with Gasteiger partial charge >= 0.3 is 6.18 Å². The van der Waals surface area contributed by atoms with E-state index in [1.165, 1.54) is 12.1 Å². The zero-order valence-corrected chi connectivity index (χ0v) is 13.6. The van der Waals surface area contributed by atoms with Crippen molar-refractivity contribution in [3.8, 4) is 0 Å². The summed E-state index contributed by atoms with van der Waals surface area (Å²) < 4.78 is 37.5. The normalized spacial score (nSPS) is 21.8. The Morgan fingerprint density at radius 1 is 1.21 bits per heavy atom. The van der Waals surface area contributed by atoms with Crippen LogP contribution < -0.4 is 5.32 Å². The third-order valence-electron chi connectivity index (χ3n) is 4.59. The second-order valence-corrected chi connectivity index (χ2v) is 6.40. The lowest BCUT2D eigenvalue weighted by Crippen LogP contribution is -2.40. The Kier molecular flexibility index (Phi) is 6.23. The minimum absolute atomic E-state index is 0.190. The van der Waals surface area contributed by atoms with Crippen LogP contribution in [-0.2, 0) is 11.0 Å². The maximum atomic E-state index is 12.5. The summed E-state index contributed by atoms with van der Waals surface area (Å²) in [5, 5.41) is 11.8. The molecule has 1 aliphatic rings. The van der Waals surface area contributed by atoms with Gasteiger partial charge in [-0.3, -0.25) is 9.69 Å². The molecule has 0 aromatic heterocycles. The summed E-state index contributed by atoms with van der Waals surface area (Å²) in [7, 11) is 1.87. The molecule has 1 aliphatic carbocycles. The van der Waals surface area contributed by atoms with Gasteiger partial charge in [-0.05, 0) is 62.9 Å². The summed E-state index contributed by atoms with van der Waals surface area (Å²) in [6.07, 6.45) is -0.598. The van der Waals surface area contributed by atoms with Gasteiger partial charge < -0.3 is 10.4 Å². The summed E-state index contributed by atoms with van der Waals surface area (Å²) in [6.45, 7) is 0.403. The van der Waals surface area contributed by atoms with E-state index in [1.54, 1.807) is 0 Å². The second-order valence-electron chi connectivity index (χ2n) is 6.40. The van der Waals surface area contributed by atoms with Gasteiger partial charge in [0.05, 0.1) is 12.1 Å². The number of nitrogens with zero attached hydrogens (tertiary/aromatic N) is 1. The highest BCUT2D eigenvalue weighted by Gasteiger charge is 2.30. The fourth-order valence-corrected chi connectivity index (χ4v) is 3.07. The molecule has 1 saturated carbocycles. The van der Waals surface area contributed by atoms with E-state index in [1.807, 2.05) is 11.9 Å². The molecule has 0 heterocycles. The van der Waals surface area contributed by atoms with Gasteiger partial charge in [0.2, 0.25) is 5.91 Å². The Labute approximate surface area is 139 Å². The Morgan fingerprint density at radius 2 is 1.79 bits per heavy atom. The van der Waals surface area contributed by atoms with Gasteiger partial charge in [0.1, 0.15) is 0 Å². The van der Waals surface area contributed by atoms with Crippen LogP contribution in [0.25, 0.3) is 0 Å². The minimum atomic E-state index is -4.38. The van der Waals surface area contributed by atoms with Gasteiger partial charge in [-0.2, -0.15) is 13.2 Å². The van der Waals surface area contributed by atoms with Crippen LogP contribution in [0.3, 0.4) is 0 Å². The fraction of sp³-hybridized carbons (Fsp3) is 0.588. The van der Waals surface area contributed by atoms with E-state index in [0.29, 0.717) is 17.6 Å².